The van der Waals surface area contributed by atoms with Crippen molar-refractivity contribution in [2.45, 2.75) is 60.8 Å². The van der Waals surface area contributed by atoms with Gasteiger partial charge in [-0.15, -0.1) is 0 Å². The van der Waals surface area contributed by atoms with Crippen LogP contribution in [0.5, 0.6) is 5.75 Å². The summed E-state index contributed by atoms with van der Waals surface area (Å²) in [5.41, 5.74) is 3.46. The van der Waals surface area contributed by atoms with E-state index in [0.29, 0.717) is 41.2 Å². The molecule has 0 bridgehead atoms. The standard InChI is InChI=1S/C24H31ClO3/c1-14(11-12-24(6)15(2)8-10-21(27)18(24)5)7-9-19-16(3)20(13-26)17(4)22(25)23(19)28/h7,11-13,15,18,28H,8-10H2,1-6H3/b12-11+,14-7+/t15-,18+,24+/m1/s1. The van der Waals surface area contributed by atoms with Gasteiger partial charge in [-0.2, -0.15) is 0 Å². The van der Waals surface area contributed by atoms with Gasteiger partial charge in [-0.25, -0.2) is 0 Å². The largest absolute Gasteiger partial charge is 0.506 e. The van der Waals surface area contributed by atoms with E-state index < -0.39 is 0 Å². The molecule has 1 aliphatic carbocycles. The molecule has 1 aromatic carbocycles. The maximum atomic E-state index is 12.2. The minimum atomic E-state index is -0.152. The normalized spacial score (nSPS) is 26.1. The predicted molar refractivity (Wildman–Crippen MR) is 115 cm³/mol. The molecule has 0 saturated heterocycles. The second-order valence-electron chi connectivity index (χ2n) is 8.40. The van der Waals surface area contributed by atoms with E-state index >= 15 is 0 Å². The van der Waals surface area contributed by atoms with Crippen molar-refractivity contribution in [2.24, 2.45) is 17.3 Å². The number of rotatable bonds is 5. The Morgan fingerprint density at radius 1 is 1.29 bits per heavy atom. The second kappa shape index (κ2) is 8.65. The van der Waals surface area contributed by atoms with E-state index in [-0.39, 0.29) is 22.1 Å². The Morgan fingerprint density at radius 2 is 1.93 bits per heavy atom. The fraction of sp³-hybridized carbons (Fsp3) is 0.500. The molecule has 28 heavy (non-hydrogen) atoms. The maximum absolute atomic E-state index is 12.2. The molecular weight excluding hydrogens is 372 g/mol. The first-order chi connectivity index (χ1) is 13.0. The van der Waals surface area contributed by atoms with Crippen molar-refractivity contribution >= 4 is 23.7 Å². The van der Waals surface area contributed by atoms with Crippen LogP contribution in [0.4, 0.5) is 0 Å². The smallest absolute Gasteiger partial charge is 0.150 e. The van der Waals surface area contributed by atoms with Gasteiger partial charge in [0, 0.05) is 23.5 Å². The monoisotopic (exact) mass is 402 g/mol. The van der Waals surface area contributed by atoms with Gasteiger partial charge in [0.25, 0.3) is 0 Å². The van der Waals surface area contributed by atoms with Crippen LogP contribution in [0.2, 0.25) is 5.02 Å². The number of ketones is 1. The summed E-state index contributed by atoms with van der Waals surface area (Å²) >= 11 is 6.21. The highest BCUT2D eigenvalue weighted by Crippen LogP contribution is 2.44. The number of halogens is 1. The van der Waals surface area contributed by atoms with E-state index in [0.717, 1.165) is 23.8 Å². The number of Topliss-reactive ketones (excluding diaryl/α,β-unsaturated/α-hetero) is 1. The van der Waals surface area contributed by atoms with E-state index in [9.17, 15) is 14.7 Å². The Labute approximate surface area is 173 Å². The first-order valence-corrected chi connectivity index (χ1v) is 10.3. The van der Waals surface area contributed by atoms with Gasteiger partial charge in [-0.3, -0.25) is 9.59 Å². The van der Waals surface area contributed by atoms with E-state index in [1.54, 1.807) is 6.92 Å². The number of aldehydes is 1. The summed E-state index contributed by atoms with van der Waals surface area (Å²) in [6.07, 6.45) is 9.12. The summed E-state index contributed by atoms with van der Waals surface area (Å²) in [6.45, 7) is 12.0. The van der Waals surface area contributed by atoms with Crippen LogP contribution in [0.3, 0.4) is 0 Å². The fourth-order valence-electron chi connectivity index (χ4n) is 4.09. The molecule has 2 rings (SSSR count). The maximum Gasteiger partial charge on any atom is 0.150 e. The number of allylic oxidation sites excluding steroid dienone is 4. The average Bonchev–Trinajstić information content (AvgIpc) is 2.66. The summed E-state index contributed by atoms with van der Waals surface area (Å²) in [6, 6.07) is 0. The SMILES string of the molecule is CC(/C=C/[C@@]1(C)[C@H](C)CCC(=O)[C@@H]1C)=C\Cc1c(C)c(C=O)c(C)c(Cl)c1O. The van der Waals surface area contributed by atoms with Crippen molar-refractivity contribution < 1.29 is 14.7 Å². The van der Waals surface area contributed by atoms with Gasteiger partial charge in [-0.05, 0) is 56.1 Å². The molecule has 1 fully saturated rings. The number of hydrogen-bond donors (Lipinski definition) is 1. The van der Waals surface area contributed by atoms with E-state index in [4.69, 9.17) is 11.6 Å². The lowest BCUT2D eigenvalue weighted by Crippen LogP contribution is -2.40. The van der Waals surface area contributed by atoms with Crippen LogP contribution in [-0.2, 0) is 11.2 Å². The number of aromatic hydroxyl groups is 1. The minimum absolute atomic E-state index is 0.0117. The molecule has 0 aliphatic heterocycles. The summed E-state index contributed by atoms with van der Waals surface area (Å²) in [7, 11) is 0. The molecule has 1 aromatic rings. The van der Waals surface area contributed by atoms with Crippen molar-refractivity contribution in [3.63, 3.8) is 0 Å². The van der Waals surface area contributed by atoms with Gasteiger partial charge >= 0.3 is 0 Å². The third-order valence-corrected chi connectivity index (χ3v) is 7.30. The number of carbonyl (C=O) groups excluding carboxylic acids is 2. The molecule has 1 saturated carbocycles. The molecule has 0 spiro atoms. The van der Waals surface area contributed by atoms with E-state index in [1.165, 1.54) is 0 Å². The van der Waals surface area contributed by atoms with Crippen LogP contribution >= 0.6 is 11.6 Å². The van der Waals surface area contributed by atoms with Crippen molar-refractivity contribution in [1.82, 2.24) is 0 Å². The number of hydrogen-bond acceptors (Lipinski definition) is 3. The third kappa shape index (κ3) is 4.10. The van der Waals surface area contributed by atoms with Gasteiger partial charge in [0.2, 0.25) is 0 Å². The van der Waals surface area contributed by atoms with Crippen molar-refractivity contribution in [3.8, 4) is 5.75 Å². The molecule has 152 valence electrons. The molecular formula is C24H31ClO3. The Hall–Kier alpha value is -1.87. The Morgan fingerprint density at radius 3 is 2.54 bits per heavy atom. The lowest BCUT2D eigenvalue weighted by molar-refractivity contribution is -0.129. The first-order valence-electron chi connectivity index (χ1n) is 9.88. The van der Waals surface area contributed by atoms with Gasteiger partial charge in [0.05, 0.1) is 5.02 Å². The molecule has 0 aromatic heterocycles. The summed E-state index contributed by atoms with van der Waals surface area (Å²) in [4.78, 5) is 23.6. The summed E-state index contributed by atoms with van der Waals surface area (Å²) in [5.74, 6) is 0.838. The number of benzene rings is 1. The highest BCUT2D eigenvalue weighted by molar-refractivity contribution is 6.33. The lowest BCUT2D eigenvalue weighted by Gasteiger charge is -2.42. The molecule has 3 nitrogen and oxygen atoms in total. The highest BCUT2D eigenvalue weighted by atomic mass is 35.5. The number of carbonyl (C=O) groups is 2. The average molecular weight is 403 g/mol. The fourth-order valence-corrected chi connectivity index (χ4v) is 4.30. The van der Waals surface area contributed by atoms with Crippen LogP contribution in [0, 0.1) is 31.1 Å². The van der Waals surface area contributed by atoms with Crippen molar-refractivity contribution in [1.29, 1.82) is 0 Å². The van der Waals surface area contributed by atoms with Crippen LogP contribution in [-0.4, -0.2) is 17.2 Å². The van der Waals surface area contributed by atoms with E-state index in [2.05, 4.69) is 26.0 Å². The Balaban J connectivity index is 2.28. The van der Waals surface area contributed by atoms with Crippen LogP contribution in [0.15, 0.2) is 23.8 Å². The molecule has 0 unspecified atom stereocenters. The minimum Gasteiger partial charge on any atom is -0.506 e. The summed E-state index contributed by atoms with van der Waals surface area (Å²) in [5, 5.41) is 10.7. The summed E-state index contributed by atoms with van der Waals surface area (Å²) < 4.78 is 0. The molecule has 1 N–H and O–H groups in total. The molecule has 0 amide bonds. The van der Waals surface area contributed by atoms with E-state index in [1.807, 2.05) is 26.8 Å². The van der Waals surface area contributed by atoms with Crippen LogP contribution in [0.25, 0.3) is 0 Å². The Kier molecular flexibility index (Phi) is 6.93. The van der Waals surface area contributed by atoms with Gasteiger partial charge < -0.3 is 5.11 Å². The second-order valence-corrected chi connectivity index (χ2v) is 8.78. The zero-order chi connectivity index (χ0) is 21.2. The van der Waals surface area contributed by atoms with Gasteiger partial charge in [0.15, 0.2) is 6.29 Å². The predicted octanol–water partition coefficient (Wildman–Crippen LogP) is 6.16. The quantitative estimate of drug-likeness (QED) is 0.473. The number of phenolic OH excluding ortho intramolecular Hbond substituents is 1. The first kappa shape index (κ1) is 22.4. The molecule has 0 heterocycles. The van der Waals surface area contributed by atoms with Crippen molar-refractivity contribution in [3.05, 3.63) is 51.1 Å². The Bertz CT molecular complexity index is 850. The zero-order valence-electron chi connectivity index (χ0n) is 17.7. The number of phenols is 1. The van der Waals surface area contributed by atoms with Crippen molar-refractivity contribution in [2.75, 3.05) is 0 Å². The lowest BCUT2D eigenvalue weighted by atomic mass is 9.61. The molecule has 1 aliphatic rings. The molecule has 4 heteroatoms. The molecule has 0 radical (unpaired) electrons. The van der Waals surface area contributed by atoms with Gasteiger partial charge in [0.1, 0.15) is 11.5 Å². The van der Waals surface area contributed by atoms with Gasteiger partial charge in [-0.1, -0.05) is 56.2 Å². The van der Waals surface area contributed by atoms with Crippen LogP contribution < -0.4 is 0 Å². The topological polar surface area (TPSA) is 54.4 Å². The highest BCUT2D eigenvalue weighted by Gasteiger charge is 2.41. The third-order valence-electron chi connectivity index (χ3n) is 6.84. The van der Waals surface area contributed by atoms with Crippen LogP contribution in [0.1, 0.15) is 67.6 Å². The molecule has 3 atom stereocenters. The zero-order valence-corrected chi connectivity index (χ0v) is 18.5.